The minimum Gasteiger partial charge on any atom is -0.395 e. The maximum absolute atomic E-state index is 9.12. The Morgan fingerprint density at radius 3 is 3.07 bits per heavy atom. The average Bonchev–Trinajstić information content (AvgIpc) is 2.54. The molecule has 0 fully saturated rings. The van der Waals surface area contributed by atoms with Crippen LogP contribution in [0.15, 0.2) is 22.7 Å². The first-order valence-corrected chi connectivity index (χ1v) is 5.80. The van der Waals surface area contributed by atoms with Gasteiger partial charge in [0.25, 0.3) is 0 Å². The molecule has 0 saturated carbocycles. The Morgan fingerprint density at radius 1 is 1.67 bits per heavy atom. The van der Waals surface area contributed by atoms with Crippen molar-refractivity contribution in [1.29, 1.82) is 0 Å². The number of anilines is 1. The lowest BCUT2D eigenvalue weighted by molar-refractivity contribution is 0.251. The van der Waals surface area contributed by atoms with Crippen LogP contribution in [0, 0.1) is 0 Å². The van der Waals surface area contributed by atoms with Gasteiger partial charge in [-0.2, -0.15) is 0 Å². The van der Waals surface area contributed by atoms with Crippen LogP contribution < -0.4 is 10.6 Å². The largest absolute Gasteiger partial charge is 0.395 e. The van der Waals surface area contributed by atoms with Crippen molar-refractivity contribution in [2.24, 2.45) is 5.73 Å². The van der Waals surface area contributed by atoms with Crippen LogP contribution in [0.1, 0.15) is 11.5 Å². The van der Waals surface area contributed by atoms with Gasteiger partial charge in [-0.3, -0.25) is 0 Å². The number of hydrogen-bond donors (Lipinski definition) is 2. The average molecular weight is 271 g/mol. The maximum Gasteiger partial charge on any atom is 0.0589 e. The summed E-state index contributed by atoms with van der Waals surface area (Å²) in [5.41, 5.74) is 8.36. The summed E-state index contributed by atoms with van der Waals surface area (Å²) >= 11 is 3.46. The first-order chi connectivity index (χ1) is 7.13. The number of nitrogens with two attached hydrogens (primary N) is 1. The second-order valence-corrected chi connectivity index (χ2v) is 4.95. The first kappa shape index (κ1) is 10.9. The molecule has 2 unspecified atom stereocenters. The Morgan fingerprint density at radius 2 is 2.40 bits per heavy atom. The lowest BCUT2D eigenvalue weighted by Gasteiger charge is -2.17. The molecule has 0 aromatic heterocycles. The predicted molar refractivity (Wildman–Crippen MR) is 65.2 cm³/mol. The molecule has 0 saturated heterocycles. The lowest BCUT2D eigenvalue weighted by atomic mass is 9.94. The highest BCUT2D eigenvalue weighted by molar-refractivity contribution is 9.10. The summed E-state index contributed by atoms with van der Waals surface area (Å²) in [6, 6.07) is 6.04. The Bertz CT molecular complexity index is 370. The molecular formula is C11H15BrN2O. The zero-order chi connectivity index (χ0) is 11.0. The molecule has 0 spiro atoms. The van der Waals surface area contributed by atoms with Gasteiger partial charge >= 0.3 is 0 Å². The highest BCUT2D eigenvalue weighted by Crippen LogP contribution is 2.38. The quantitative estimate of drug-likeness (QED) is 0.852. The third-order valence-electron chi connectivity index (χ3n) is 3.00. The van der Waals surface area contributed by atoms with Crippen LogP contribution >= 0.6 is 15.9 Å². The summed E-state index contributed by atoms with van der Waals surface area (Å²) in [6.45, 7) is 0.915. The van der Waals surface area contributed by atoms with E-state index in [-0.39, 0.29) is 18.6 Å². The molecule has 3 N–H and O–H groups in total. The number of aliphatic hydroxyl groups excluding tert-OH is 1. The van der Waals surface area contributed by atoms with Crippen molar-refractivity contribution in [3.05, 3.63) is 28.2 Å². The van der Waals surface area contributed by atoms with Gasteiger partial charge in [0.2, 0.25) is 0 Å². The van der Waals surface area contributed by atoms with Gasteiger partial charge in [-0.1, -0.05) is 15.9 Å². The number of benzene rings is 1. The summed E-state index contributed by atoms with van der Waals surface area (Å²) in [4.78, 5) is 2.18. The van der Waals surface area contributed by atoms with E-state index >= 15 is 0 Å². The van der Waals surface area contributed by atoms with Gasteiger partial charge < -0.3 is 15.7 Å². The molecular weight excluding hydrogens is 256 g/mol. The Kier molecular flexibility index (Phi) is 3.00. The van der Waals surface area contributed by atoms with E-state index < -0.39 is 0 Å². The van der Waals surface area contributed by atoms with Gasteiger partial charge in [0.1, 0.15) is 0 Å². The minimum atomic E-state index is -0.178. The summed E-state index contributed by atoms with van der Waals surface area (Å²) in [6.07, 6.45) is 0. The van der Waals surface area contributed by atoms with Crippen molar-refractivity contribution in [1.82, 2.24) is 0 Å². The number of likely N-dealkylation sites (N-methyl/N-ethyl adjacent to an activating group) is 1. The second-order valence-electron chi connectivity index (χ2n) is 4.04. The molecule has 1 aliphatic rings. The van der Waals surface area contributed by atoms with Gasteiger partial charge in [0.05, 0.1) is 6.61 Å². The molecule has 1 heterocycles. The molecule has 3 nitrogen and oxygen atoms in total. The fourth-order valence-corrected chi connectivity index (χ4v) is 2.53. The van der Waals surface area contributed by atoms with E-state index in [0.717, 1.165) is 11.0 Å². The highest BCUT2D eigenvalue weighted by atomic mass is 79.9. The first-order valence-electron chi connectivity index (χ1n) is 5.00. The van der Waals surface area contributed by atoms with E-state index in [9.17, 15) is 0 Å². The van der Waals surface area contributed by atoms with E-state index in [1.807, 2.05) is 6.07 Å². The predicted octanol–water partition coefficient (Wildman–Crippen LogP) is 1.30. The standard InChI is InChI=1S/C11H15BrN2O/c1-14-5-9(10(13)6-15)8-4-7(12)2-3-11(8)14/h2-4,9-10,15H,5-6,13H2,1H3. The van der Waals surface area contributed by atoms with Crippen molar-refractivity contribution in [3.8, 4) is 0 Å². The van der Waals surface area contributed by atoms with Crippen molar-refractivity contribution < 1.29 is 5.11 Å². The maximum atomic E-state index is 9.12. The molecule has 1 aliphatic heterocycles. The summed E-state index contributed by atoms with van der Waals surface area (Å²) in [5.74, 6) is 0.229. The van der Waals surface area contributed by atoms with Crippen molar-refractivity contribution in [2.75, 3.05) is 25.1 Å². The third kappa shape index (κ3) is 1.89. The van der Waals surface area contributed by atoms with E-state index in [1.165, 1.54) is 11.3 Å². The molecule has 0 bridgehead atoms. The molecule has 1 aromatic rings. The SMILES string of the molecule is CN1CC(C(N)CO)c2cc(Br)ccc21. The molecule has 4 heteroatoms. The summed E-state index contributed by atoms with van der Waals surface area (Å²) in [7, 11) is 2.05. The van der Waals surface area contributed by atoms with E-state index in [4.69, 9.17) is 10.8 Å². The molecule has 0 radical (unpaired) electrons. The van der Waals surface area contributed by atoms with Crippen molar-refractivity contribution in [2.45, 2.75) is 12.0 Å². The van der Waals surface area contributed by atoms with Gasteiger partial charge in [0, 0.05) is 35.7 Å². The summed E-state index contributed by atoms with van der Waals surface area (Å²) < 4.78 is 1.06. The van der Waals surface area contributed by atoms with Crippen LogP contribution in [0.3, 0.4) is 0 Å². The third-order valence-corrected chi connectivity index (χ3v) is 3.49. The fraction of sp³-hybridized carbons (Fsp3) is 0.455. The molecule has 2 atom stereocenters. The van der Waals surface area contributed by atoms with E-state index in [0.29, 0.717) is 0 Å². The highest BCUT2D eigenvalue weighted by Gasteiger charge is 2.30. The van der Waals surface area contributed by atoms with E-state index in [1.54, 1.807) is 0 Å². The number of halogens is 1. The monoisotopic (exact) mass is 270 g/mol. The Labute approximate surface area is 98.0 Å². The Hall–Kier alpha value is -0.580. The molecule has 2 rings (SSSR count). The lowest BCUT2D eigenvalue weighted by Crippen LogP contribution is -2.34. The van der Waals surface area contributed by atoms with E-state index in [2.05, 4.69) is 40.0 Å². The Balaban J connectivity index is 2.39. The number of aliphatic hydroxyl groups is 1. The van der Waals surface area contributed by atoms with Crippen LogP contribution in [0.2, 0.25) is 0 Å². The zero-order valence-corrected chi connectivity index (χ0v) is 10.2. The van der Waals surface area contributed by atoms with Crippen LogP contribution in [-0.2, 0) is 0 Å². The van der Waals surface area contributed by atoms with Crippen LogP contribution in [-0.4, -0.2) is 31.3 Å². The molecule has 15 heavy (non-hydrogen) atoms. The number of fused-ring (bicyclic) bond motifs is 1. The smallest absolute Gasteiger partial charge is 0.0589 e. The van der Waals surface area contributed by atoms with Crippen LogP contribution in [0.5, 0.6) is 0 Å². The zero-order valence-electron chi connectivity index (χ0n) is 8.65. The molecule has 0 aliphatic carbocycles. The van der Waals surface area contributed by atoms with Gasteiger partial charge in [-0.05, 0) is 23.8 Å². The number of rotatable bonds is 2. The summed E-state index contributed by atoms with van der Waals surface area (Å²) in [5, 5.41) is 9.12. The second kappa shape index (κ2) is 4.12. The topological polar surface area (TPSA) is 49.5 Å². The van der Waals surface area contributed by atoms with Gasteiger partial charge in [-0.25, -0.2) is 0 Å². The number of hydrogen-bond acceptors (Lipinski definition) is 3. The number of nitrogens with zero attached hydrogens (tertiary/aromatic N) is 1. The molecule has 1 aromatic carbocycles. The normalized spacial score (nSPS) is 21.6. The molecule has 82 valence electrons. The van der Waals surface area contributed by atoms with Crippen LogP contribution in [0.4, 0.5) is 5.69 Å². The van der Waals surface area contributed by atoms with Gasteiger partial charge in [-0.15, -0.1) is 0 Å². The van der Waals surface area contributed by atoms with Crippen molar-refractivity contribution >= 4 is 21.6 Å². The minimum absolute atomic E-state index is 0.0322. The van der Waals surface area contributed by atoms with Crippen LogP contribution in [0.25, 0.3) is 0 Å². The van der Waals surface area contributed by atoms with Crippen molar-refractivity contribution in [3.63, 3.8) is 0 Å². The fourth-order valence-electron chi connectivity index (χ4n) is 2.16. The molecule has 0 amide bonds. The van der Waals surface area contributed by atoms with Gasteiger partial charge in [0.15, 0.2) is 0 Å².